The first-order valence-electron chi connectivity index (χ1n) is 0.548. The maximum absolute atomic E-state index is 8.48. The van der Waals surface area contributed by atoms with E-state index in [1.807, 2.05) is 0 Å². The zero-order valence-corrected chi connectivity index (χ0v) is 5.97. The van der Waals surface area contributed by atoms with Gasteiger partial charge in [-0.15, -0.1) is 0 Å². The summed E-state index contributed by atoms with van der Waals surface area (Å²) >= 11 is 0. The summed E-state index contributed by atoms with van der Waals surface area (Å²) in [6, 6.07) is 0. The Morgan fingerprint density at radius 1 is 1.33 bits per heavy atom. The van der Waals surface area contributed by atoms with Gasteiger partial charge in [0, 0.05) is 0 Å². The van der Waals surface area contributed by atoms with E-state index in [4.69, 9.17) is 14.4 Å². The molecule has 1 radical (unpaired) electrons. The van der Waals surface area contributed by atoms with Gasteiger partial charge in [-0.05, 0) is 0 Å². The van der Waals surface area contributed by atoms with Crippen molar-refractivity contribution < 1.29 is 46.0 Å². The molecule has 0 unspecified atom stereocenters. The SMILES string of the molecule is O=[P+]([O-])[O-].[OH-].[Zr+3]. The molecule has 0 aliphatic heterocycles. The van der Waals surface area contributed by atoms with Crippen molar-refractivity contribution in [1.29, 1.82) is 0 Å². The molecule has 0 amide bonds. The van der Waals surface area contributed by atoms with Crippen LogP contribution in [0.4, 0.5) is 0 Å². The van der Waals surface area contributed by atoms with Gasteiger partial charge in [0.2, 0.25) is 0 Å². The van der Waals surface area contributed by atoms with Crippen LogP contribution in [0, 0.1) is 0 Å². The van der Waals surface area contributed by atoms with Gasteiger partial charge in [-0.1, -0.05) is 4.57 Å². The normalized spacial score (nSPS) is 4.33. The summed E-state index contributed by atoms with van der Waals surface area (Å²) in [6.07, 6.45) is 0. The fraction of sp³-hybridized carbons (Fsp3) is 0. The van der Waals surface area contributed by atoms with Gasteiger partial charge in [-0.3, -0.25) is 0 Å². The molecule has 33 valence electrons. The molecule has 0 aliphatic rings. The first kappa shape index (κ1) is 15.8. The monoisotopic (exact) mass is 186 g/mol. The quantitative estimate of drug-likeness (QED) is 0.417. The molecule has 0 aliphatic carbocycles. The van der Waals surface area contributed by atoms with Crippen LogP contribution in [0.3, 0.4) is 0 Å². The van der Waals surface area contributed by atoms with Gasteiger partial charge in [-0.2, -0.15) is 0 Å². The second-order valence-corrected chi connectivity index (χ2v) is 0.671. The van der Waals surface area contributed by atoms with Crippen LogP contribution in [-0.2, 0) is 30.8 Å². The van der Waals surface area contributed by atoms with Crippen molar-refractivity contribution in [2.24, 2.45) is 0 Å². The average Bonchev–Trinajstić information content (AvgIpc) is 0.811. The summed E-state index contributed by atoms with van der Waals surface area (Å²) in [7, 11) is -3.37. The van der Waals surface area contributed by atoms with E-state index in [1.54, 1.807) is 0 Å². The predicted molar refractivity (Wildman–Crippen MR) is 9.54 cm³/mol. The first-order valence-corrected chi connectivity index (χ1v) is 1.64. The smallest absolute Gasteiger partial charge is 0.870 e. The predicted octanol–water partition coefficient (Wildman–Crippen LogP) is -1.81. The summed E-state index contributed by atoms with van der Waals surface area (Å²) in [5.74, 6) is 0. The largest absolute Gasteiger partial charge is 3.00 e. The Labute approximate surface area is 54.6 Å². The Morgan fingerprint density at radius 2 is 1.33 bits per heavy atom. The van der Waals surface area contributed by atoms with Gasteiger partial charge in [0.1, 0.15) is 0 Å². The summed E-state index contributed by atoms with van der Waals surface area (Å²) in [5.41, 5.74) is 0. The van der Waals surface area contributed by atoms with E-state index in [0.29, 0.717) is 0 Å². The molecule has 6 heteroatoms. The maximum atomic E-state index is 8.48. The minimum atomic E-state index is -3.37. The van der Waals surface area contributed by atoms with Crippen LogP contribution in [0.25, 0.3) is 0 Å². The summed E-state index contributed by atoms with van der Waals surface area (Å²) in [4.78, 5) is 17.0. The number of hydrogen-bond donors (Lipinski definition) is 0. The molecule has 0 heterocycles. The minimum absolute atomic E-state index is 0. The van der Waals surface area contributed by atoms with Gasteiger partial charge >= 0.3 is 26.2 Å². The fourth-order valence-electron chi connectivity index (χ4n) is 0. The van der Waals surface area contributed by atoms with Crippen LogP contribution in [0.2, 0.25) is 0 Å². The molecule has 0 aromatic heterocycles. The maximum Gasteiger partial charge on any atom is 3.00 e. The van der Waals surface area contributed by atoms with Gasteiger partial charge in [0.25, 0.3) is 8.25 Å². The van der Waals surface area contributed by atoms with Crippen molar-refractivity contribution in [2.75, 3.05) is 0 Å². The standard InChI is InChI=1S/HO3P.H2O.Zr/c1-4(2)3;;/h(H,1,2,3);1H2;/q;;+3/p-2. The second kappa shape index (κ2) is 9.29. The minimum Gasteiger partial charge on any atom is -0.870 e. The third-order valence-corrected chi connectivity index (χ3v) is 0. The Bertz CT molecular complexity index is 30.5. The molecule has 0 atom stereocenters. The molecule has 6 heavy (non-hydrogen) atoms. The van der Waals surface area contributed by atoms with E-state index in [2.05, 4.69) is 0 Å². The molecule has 0 aromatic rings. The Morgan fingerprint density at radius 3 is 1.33 bits per heavy atom. The van der Waals surface area contributed by atoms with E-state index < -0.39 is 8.25 Å². The van der Waals surface area contributed by atoms with Crippen LogP contribution < -0.4 is 9.79 Å². The van der Waals surface area contributed by atoms with Crippen LogP contribution in [-0.4, -0.2) is 5.48 Å². The number of hydrogen-bond acceptors (Lipinski definition) is 4. The van der Waals surface area contributed by atoms with Gasteiger partial charge in [-0.25, -0.2) is 0 Å². The van der Waals surface area contributed by atoms with Crippen molar-refractivity contribution >= 4 is 8.25 Å². The zero-order chi connectivity index (χ0) is 3.58. The molecule has 0 fully saturated rings. The van der Waals surface area contributed by atoms with Crippen molar-refractivity contribution in [3.8, 4) is 0 Å². The summed E-state index contributed by atoms with van der Waals surface area (Å²) in [6.45, 7) is 0. The Kier molecular flexibility index (Phi) is 24.5. The molecular weight excluding hydrogens is 186 g/mol. The molecule has 0 spiro atoms. The first-order chi connectivity index (χ1) is 1.73. The van der Waals surface area contributed by atoms with Crippen LogP contribution >= 0.6 is 8.25 Å². The zero-order valence-electron chi connectivity index (χ0n) is 2.62. The van der Waals surface area contributed by atoms with E-state index >= 15 is 0 Å². The molecule has 1 N–H and O–H groups in total. The van der Waals surface area contributed by atoms with E-state index in [-0.39, 0.29) is 31.7 Å². The second-order valence-electron chi connectivity index (χ2n) is 0.224. The average molecular weight is 187 g/mol. The Balaban J connectivity index is -0.0000000450. The molecule has 0 aromatic carbocycles. The van der Waals surface area contributed by atoms with Crippen molar-refractivity contribution in [3.05, 3.63) is 0 Å². The Hall–Kier alpha value is 0.863. The third kappa shape index (κ3) is 97.4. The van der Waals surface area contributed by atoms with Crippen LogP contribution in [0.15, 0.2) is 0 Å². The summed E-state index contributed by atoms with van der Waals surface area (Å²) < 4.78 is 8.48. The van der Waals surface area contributed by atoms with Crippen LogP contribution in [0.5, 0.6) is 0 Å². The van der Waals surface area contributed by atoms with E-state index in [9.17, 15) is 0 Å². The summed E-state index contributed by atoms with van der Waals surface area (Å²) in [5, 5.41) is 0. The topological polar surface area (TPSA) is 93.2 Å². The molecular formula is HO4PZr+. The molecule has 0 rings (SSSR count). The van der Waals surface area contributed by atoms with Crippen LogP contribution in [0.1, 0.15) is 0 Å². The fourth-order valence-corrected chi connectivity index (χ4v) is 0. The molecule has 4 nitrogen and oxygen atoms in total. The molecule has 0 saturated heterocycles. The van der Waals surface area contributed by atoms with Crippen molar-refractivity contribution in [1.82, 2.24) is 0 Å². The van der Waals surface area contributed by atoms with Gasteiger partial charge in [0.05, 0.1) is 0 Å². The number of rotatable bonds is 0. The van der Waals surface area contributed by atoms with Gasteiger partial charge < -0.3 is 15.3 Å². The van der Waals surface area contributed by atoms with E-state index in [1.165, 1.54) is 0 Å². The van der Waals surface area contributed by atoms with Crippen molar-refractivity contribution in [2.45, 2.75) is 0 Å². The third-order valence-electron chi connectivity index (χ3n) is 0. The molecule has 0 bridgehead atoms. The van der Waals surface area contributed by atoms with Crippen molar-refractivity contribution in [3.63, 3.8) is 0 Å². The van der Waals surface area contributed by atoms with Gasteiger partial charge in [0.15, 0.2) is 0 Å². The van der Waals surface area contributed by atoms with E-state index in [0.717, 1.165) is 0 Å². The molecule has 0 saturated carbocycles.